The Morgan fingerprint density at radius 1 is 1.21 bits per heavy atom. The molecule has 0 aliphatic rings. The molecular formula is C20H19Cl2N3O3. The van der Waals surface area contributed by atoms with Gasteiger partial charge < -0.3 is 14.2 Å². The molecule has 6 nitrogen and oxygen atoms in total. The van der Waals surface area contributed by atoms with E-state index in [2.05, 4.69) is 10.1 Å². The van der Waals surface area contributed by atoms with Gasteiger partial charge in [-0.2, -0.15) is 4.98 Å². The molecule has 1 amide bonds. The van der Waals surface area contributed by atoms with E-state index >= 15 is 0 Å². The van der Waals surface area contributed by atoms with Crippen LogP contribution in [0.3, 0.4) is 0 Å². The Hall–Kier alpha value is -2.57. The van der Waals surface area contributed by atoms with E-state index in [9.17, 15) is 4.79 Å². The van der Waals surface area contributed by atoms with Crippen LogP contribution in [0.4, 0.5) is 0 Å². The molecule has 1 heterocycles. The average Bonchev–Trinajstić information content (AvgIpc) is 3.14. The molecule has 0 bridgehead atoms. The minimum absolute atomic E-state index is 0.158. The molecular weight excluding hydrogens is 401 g/mol. The quantitative estimate of drug-likeness (QED) is 0.546. The van der Waals surface area contributed by atoms with Crippen LogP contribution in [0.1, 0.15) is 19.2 Å². The smallest absolute Gasteiger partial charge is 0.263 e. The predicted molar refractivity (Wildman–Crippen MR) is 107 cm³/mol. The fourth-order valence-corrected chi connectivity index (χ4v) is 3.01. The first-order valence-electron chi connectivity index (χ1n) is 8.72. The molecule has 3 aromatic rings. The summed E-state index contributed by atoms with van der Waals surface area (Å²) in [6.07, 6.45) is -0.140. The maximum absolute atomic E-state index is 12.8. The van der Waals surface area contributed by atoms with Gasteiger partial charge in [0.25, 0.3) is 5.91 Å². The summed E-state index contributed by atoms with van der Waals surface area (Å²) in [5.74, 6) is 1.03. The summed E-state index contributed by atoms with van der Waals surface area (Å²) < 4.78 is 11.1. The van der Waals surface area contributed by atoms with E-state index in [-0.39, 0.29) is 12.5 Å². The normalized spacial score (nSPS) is 11.9. The highest BCUT2D eigenvalue weighted by atomic mass is 35.5. The number of nitrogens with zero attached hydrogens (tertiary/aromatic N) is 3. The summed E-state index contributed by atoms with van der Waals surface area (Å²) in [7, 11) is 1.66. The maximum Gasteiger partial charge on any atom is 0.263 e. The fourth-order valence-electron chi connectivity index (χ4n) is 2.61. The van der Waals surface area contributed by atoms with Gasteiger partial charge >= 0.3 is 0 Å². The number of rotatable bonds is 7. The van der Waals surface area contributed by atoms with Crippen LogP contribution in [0.25, 0.3) is 11.4 Å². The molecule has 28 heavy (non-hydrogen) atoms. The third-order valence-electron chi connectivity index (χ3n) is 4.05. The summed E-state index contributed by atoms with van der Waals surface area (Å²) in [5, 5.41) is 5.02. The van der Waals surface area contributed by atoms with Crippen molar-refractivity contribution in [3.05, 3.63) is 64.5 Å². The van der Waals surface area contributed by atoms with E-state index in [0.29, 0.717) is 39.5 Å². The van der Waals surface area contributed by atoms with E-state index < -0.39 is 6.10 Å². The highest BCUT2D eigenvalue weighted by molar-refractivity contribution is 6.33. The van der Waals surface area contributed by atoms with Gasteiger partial charge in [0.2, 0.25) is 11.7 Å². The van der Waals surface area contributed by atoms with Crippen LogP contribution < -0.4 is 4.74 Å². The van der Waals surface area contributed by atoms with Gasteiger partial charge in [-0.3, -0.25) is 4.79 Å². The fraction of sp³-hybridized carbons (Fsp3) is 0.250. The lowest BCUT2D eigenvalue weighted by Crippen LogP contribution is -2.39. The van der Waals surface area contributed by atoms with Crippen molar-refractivity contribution < 1.29 is 14.1 Å². The molecule has 0 aliphatic carbocycles. The second kappa shape index (κ2) is 9.08. The number of hydrogen-bond donors (Lipinski definition) is 0. The molecule has 8 heteroatoms. The number of hydrogen-bond acceptors (Lipinski definition) is 5. The minimum Gasteiger partial charge on any atom is -0.481 e. The van der Waals surface area contributed by atoms with Gasteiger partial charge in [-0.1, -0.05) is 53.5 Å². The zero-order valence-electron chi connectivity index (χ0n) is 15.4. The second-order valence-corrected chi connectivity index (χ2v) is 7.00. The van der Waals surface area contributed by atoms with E-state index in [1.807, 2.05) is 19.1 Å². The van der Waals surface area contributed by atoms with Crippen molar-refractivity contribution in [3.8, 4) is 17.1 Å². The molecule has 1 atom stereocenters. The molecule has 0 radical (unpaired) electrons. The Bertz CT molecular complexity index is 961. The number of amides is 1. The van der Waals surface area contributed by atoms with Crippen LogP contribution in [0.5, 0.6) is 5.75 Å². The number of ether oxygens (including phenoxy) is 1. The van der Waals surface area contributed by atoms with Crippen LogP contribution >= 0.6 is 23.2 Å². The molecule has 0 aliphatic heterocycles. The van der Waals surface area contributed by atoms with Crippen LogP contribution in [0.2, 0.25) is 10.0 Å². The molecule has 0 spiro atoms. The van der Waals surface area contributed by atoms with Crippen molar-refractivity contribution in [2.45, 2.75) is 26.0 Å². The van der Waals surface area contributed by atoms with Crippen molar-refractivity contribution >= 4 is 29.1 Å². The highest BCUT2D eigenvalue weighted by Gasteiger charge is 2.24. The molecule has 0 saturated carbocycles. The lowest BCUT2D eigenvalue weighted by atomic mass is 10.2. The Morgan fingerprint density at radius 2 is 2.00 bits per heavy atom. The van der Waals surface area contributed by atoms with Crippen molar-refractivity contribution in [2.24, 2.45) is 0 Å². The topological polar surface area (TPSA) is 68.5 Å². The summed E-state index contributed by atoms with van der Waals surface area (Å²) in [6, 6.07) is 14.2. The third kappa shape index (κ3) is 4.82. The Labute approximate surface area is 173 Å². The third-order valence-corrected chi connectivity index (χ3v) is 4.62. The molecule has 2 aromatic carbocycles. The van der Waals surface area contributed by atoms with Crippen molar-refractivity contribution in [3.63, 3.8) is 0 Å². The van der Waals surface area contributed by atoms with Crippen LogP contribution in [-0.2, 0) is 11.3 Å². The van der Waals surface area contributed by atoms with E-state index in [4.69, 9.17) is 32.5 Å². The number of carbonyl (C=O) groups is 1. The summed E-state index contributed by atoms with van der Waals surface area (Å²) >= 11 is 12.1. The van der Waals surface area contributed by atoms with Gasteiger partial charge in [-0.05, 0) is 36.8 Å². The number of benzene rings is 2. The lowest BCUT2D eigenvalue weighted by Gasteiger charge is -2.22. The molecule has 3 rings (SSSR count). The summed E-state index contributed by atoms with van der Waals surface area (Å²) in [4.78, 5) is 18.6. The first-order chi connectivity index (χ1) is 13.5. The Morgan fingerprint density at radius 3 is 2.71 bits per heavy atom. The summed E-state index contributed by atoms with van der Waals surface area (Å²) in [6.45, 7) is 2.04. The van der Waals surface area contributed by atoms with Gasteiger partial charge in [0, 0.05) is 17.6 Å². The molecule has 0 saturated heterocycles. The number of carbonyl (C=O) groups excluding carboxylic acids is 1. The SMILES string of the molecule is CC[C@@H](Oc1cccc(Cl)c1)C(=O)N(C)Cc1nc(-c2ccccc2Cl)no1. The Kier molecular flexibility index (Phi) is 6.54. The second-order valence-electron chi connectivity index (χ2n) is 6.16. The predicted octanol–water partition coefficient (Wildman–Crippen LogP) is 4.86. The minimum atomic E-state index is -0.644. The van der Waals surface area contributed by atoms with E-state index in [1.54, 1.807) is 43.4 Å². The lowest BCUT2D eigenvalue weighted by molar-refractivity contribution is -0.138. The van der Waals surface area contributed by atoms with Crippen LogP contribution in [-0.4, -0.2) is 34.1 Å². The van der Waals surface area contributed by atoms with Gasteiger partial charge in [-0.25, -0.2) is 0 Å². The molecule has 146 valence electrons. The summed E-state index contributed by atoms with van der Waals surface area (Å²) in [5.41, 5.74) is 0.670. The van der Waals surface area contributed by atoms with Crippen LogP contribution in [0.15, 0.2) is 53.1 Å². The largest absolute Gasteiger partial charge is 0.481 e. The van der Waals surface area contributed by atoms with E-state index in [1.165, 1.54) is 4.90 Å². The molecule has 0 fully saturated rings. The monoisotopic (exact) mass is 419 g/mol. The maximum atomic E-state index is 12.8. The molecule has 0 unspecified atom stereocenters. The average molecular weight is 420 g/mol. The van der Waals surface area contributed by atoms with Crippen molar-refractivity contribution in [1.29, 1.82) is 0 Å². The van der Waals surface area contributed by atoms with Gasteiger partial charge in [0.15, 0.2) is 6.10 Å². The van der Waals surface area contributed by atoms with Gasteiger partial charge in [0.05, 0.1) is 11.6 Å². The zero-order chi connectivity index (χ0) is 20.1. The first kappa shape index (κ1) is 20.2. The van der Waals surface area contributed by atoms with Crippen LogP contribution in [0, 0.1) is 0 Å². The van der Waals surface area contributed by atoms with E-state index in [0.717, 1.165) is 0 Å². The number of halogens is 2. The first-order valence-corrected chi connectivity index (χ1v) is 9.48. The highest BCUT2D eigenvalue weighted by Crippen LogP contribution is 2.25. The number of likely N-dealkylation sites (N-methyl/N-ethyl adjacent to an activating group) is 1. The van der Waals surface area contributed by atoms with Crippen molar-refractivity contribution in [1.82, 2.24) is 15.0 Å². The van der Waals surface area contributed by atoms with Gasteiger partial charge in [0.1, 0.15) is 5.75 Å². The zero-order valence-corrected chi connectivity index (χ0v) is 16.9. The molecule has 0 N–H and O–H groups in total. The number of aromatic nitrogens is 2. The standard InChI is InChI=1S/C20H19Cl2N3O3/c1-3-17(27-14-8-6-7-13(21)11-14)20(26)25(2)12-18-23-19(24-28-18)15-9-4-5-10-16(15)22/h4-11,17H,3,12H2,1-2H3/t17-/m1/s1. The molecule has 1 aromatic heterocycles. The Balaban J connectivity index is 1.67. The van der Waals surface area contributed by atoms with Crippen molar-refractivity contribution in [2.75, 3.05) is 7.05 Å². The van der Waals surface area contributed by atoms with Gasteiger partial charge in [-0.15, -0.1) is 0 Å².